The SMILES string of the molecule is CNc1nc(N2CC3CN(CCc4ccc5[nH]ccc5c4)CC3C2)c2cc(CC(F)(F)F)sc2n1. The highest BCUT2D eigenvalue weighted by Crippen LogP contribution is 2.39. The number of rotatable bonds is 6. The molecule has 184 valence electrons. The Labute approximate surface area is 205 Å². The number of hydrogen-bond donors (Lipinski definition) is 2. The first kappa shape index (κ1) is 22.6. The Morgan fingerprint density at radius 1 is 1.09 bits per heavy atom. The van der Waals surface area contributed by atoms with Crippen LogP contribution in [0.2, 0.25) is 0 Å². The maximum absolute atomic E-state index is 13.0. The molecule has 0 saturated carbocycles. The van der Waals surface area contributed by atoms with Gasteiger partial charge in [0, 0.05) is 56.4 Å². The predicted molar refractivity (Wildman–Crippen MR) is 134 cm³/mol. The van der Waals surface area contributed by atoms with Gasteiger partial charge in [0.1, 0.15) is 10.6 Å². The minimum atomic E-state index is -4.23. The van der Waals surface area contributed by atoms with Gasteiger partial charge in [-0.15, -0.1) is 11.3 Å². The van der Waals surface area contributed by atoms with E-state index < -0.39 is 12.6 Å². The van der Waals surface area contributed by atoms with Crippen molar-refractivity contribution in [2.45, 2.75) is 19.0 Å². The number of nitrogens with zero attached hydrogens (tertiary/aromatic N) is 4. The van der Waals surface area contributed by atoms with Gasteiger partial charge in [-0.25, -0.2) is 4.98 Å². The van der Waals surface area contributed by atoms with Crippen molar-refractivity contribution in [3.63, 3.8) is 0 Å². The van der Waals surface area contributed by atoms with Crippen molar-refractivity contribution in [3.05, 3.63) is 47.0 Å². The zero-order valence-corrected chi connectivity index (χ0v) is 20.2. The van der Waals surface area contributed by atoms with Crippen LogP contribution < -0.4 is 10.2 Å². The highest BCUT2D eigenvalue weighted by molar-refractivity contribution is 7.18. The summed E-state index contributed by atoms with van der Waals surface area (Å²) < 4.78 is 38.9. The van der Waals surface area contributed by atoms with Crippen LogP contribution in [0.25, 0.3) is 21.1 Å². The first-order valence-electron chi connectivity index (χ1n) is 11.9. The summed E-state index contributed by atoms with van der Waals surface area (Å²) in [5.41, 5.74) is 2.52. The Morgan fingerprint density at radius 2 is 1.89 bits per heavy atom. The lowest BCUT2D eigenvalue weighted by molar-refractivity contribution is -0.126. The molecule has 5 heterocycles. The number of aromatic amines is 1. The van der Waals surface area contributed by atoms with E-state index in [1.165, 1.54) is 16.5 Å². The molecule has 2 fully saturated rings. The van der Waals surface area contributed by atoms with Gasteiger partial charge in [-0.2, -0.15) is 18.2 Å². The van der Waals surface area contributed by atoms with Gasteiger partial charge in [0.2, 0.25) is 5.95 Å². The highest BCUT2D eigenvalue weighted by atomic mass is 32.1. The molecule has 0 amide bonds. The average Bonchev–Trinajstić information content (AvgIpc) is 3.57. The Hall–Kier alpha value is -2.85. The number of benzene rings is 1. The third-order valence-corrected chi connectivity index (χ3v) is 8.25. The molecule has 1 aromatic carbocycles. The van der Waals surface area contributed by atoms with Gasteiger partial charge < -0.3 is 20.1 Å². The van der Waals surface area contributed by atoms with Crippen molar-refractivity contribution in [2.75, 3.05) is 50.0 Å². The van der Waals surface area contributed by atoms with Gasteiger partial charge in [-0.1, -0.05) is 6.07 Å². The summed E-state index contributed by atoms with van der Waals surface area (Å²) in [4.78, 5) is 18.0. The van der Waals surface area contributed by atoms with Crippen LogP contribution >= 0.6 is 11.3 Å². The Kier molecular flexibility index (Phi) is 5.60. The molecule has 2 atom stereocenters. The second-order valence-electron chi connectivity index (χ2n) is 9.68. The molecule has 6 nitrogen and oxygen atoms in total. The van der Waals surface area contributed by atoms with Crippen LogP contribution in [0.3, 0.4) is 0 Å². The molecule has 35 heavy (non-hydrogen) atoms. The van der Waals surface area contributed by atoms with Crippen LogP contribution in [0.1, 0.15) is 10.4 Å². The summed E-state index contributed by atoms with van der Waals surface area (Å²) in [5, 5.41) is 4.94. The van der Waals surface area contributed by atoms with Gasteiger partial charge >= 0.3 is 6.18 Å². The number of nitrogens with one attached hydrogen (secondary N) is 2. The summed E-state index contributed by atoms with van der Waals surface area (Å²) in [5.74, 6) is 2.28. The number of thiophene rings is 1. The van der Waals surface area contributed by atoms with E-state index in [1.54, 1.807) is 13.1 Å². The number of aromatic nitrogens is 3. The van der Waals surface area contributed by atoms with E-state index in [2.05, 4.69) is 54.3 Å². The van der Waals surface area contributed by atoms with Gasteiger partial charge in [0.05, 0.1) is 11.8 Å². The summed E-state index contributed by atoms with van der Waals surface area (Å²) in [6.07, 6.45) is -2.17. The molecule has 0 radical (unpaired) electrons. The standard InChI is InChI=1S/C25H27F3N6S/c1-29-24-31-22(20-9-19(10-25(26,27)28)35-23(20)32-24)34-13-17-11-33(12-18(17)14-34)7-5-15-2-3-21-16(8-15)4-6-30-21/h2-4,6,8-9,17-18,30H,5,7,10-14H2,1H3,(H,29,31,32). The van der Waals surface area contributed by atoms with Crippen LogP contribution in [0.4, 0.5) is 24.9 Å². The topological polar surface area (TPSA) is 60.1 Å². The Bertz CT molecular complexity index is 1350. The largest absolute Gasteiger partial charge is 0.393 e. The second kappa shape index (κ2) is 8.67. The molecule has 2 aliphatic rings. The van der Waals surface area contributed by atoms with Crippen molar-refractivity contribution in [2.24, 2.45) is 11.8 Å². The highest BCUT2D eigenvalue weighted by Gasteiger charge is 2.41. The first-order valence-corrected chi connectivity index (χ1v) is 12.7. The van der Waals surface area contributed by atoms with Crippen LogP contribution in [0.15, 0.2) is 36.5 Å². The molecule has 0 aliphatic carbocycles. The average molecular weight is 501 g/mol. The van der Waals surface area contributed by atoms with E-state index in [0.717, 1.165) is 61.7 Å². The lowest BCUT2D eigenvalue weighted by atomic mass is 10.0. The molecule has 3 aromatic heterocycles. The van der Waals surface area contributed by atoms with Crippen LogP contribution in [-0.2, 0) is 12.8 Å². The van der Waals surface area contributed by atoms with Crippen LogP contribution in [0, 0.1) is 11.8 Å². The van der Waals surface area contributed by atoms with E-state index in [1.807, 2.05) is 6.20 Å². The molecule has 2 aliphatic heterocycles. The van der Waals surface area contributed by atoms with Crippen molar-refractivity contribution < 1.29 is 13.2 Å². The van der Waals surface area contributed by atoms with Crippen molar-refractivity contribution in [1.29, 1.82) is 0 Å². The molecular formula is C25H27F3N6S. The summed E-state index contributed by atoms with van der Waals surface area (Å²) in [7, 11) is 1.74. The number of likely N-dealkylation sites (tertiary alicyclic amines) is 1. The third kappa shape index (κ3) is 4.56. The fourth-order valence-corrected chi connectivity index (χ4v) is 6.64. The lowest BCUT2D eigenvalue weighted by Gasteiger charge is -2.23. The first-order chi connectivity index (χ1) is 16.8. The van der Waals surface area contributed by atoms with E-state index in [9.17, 15) is 13.2 Å². The van der Waals surface area contributed by atoms with E-state index in [0.29, 0.717) is 22.6 Å². The fourth-order valence-electron chi connectivity index (χ4n) is 5.59. The Morgan fingerprint density at radius 3 is 2.63 bits per heavy atom. The number of alkyl halides is 3. The van der Waals surface area contributed by atoms with Gasteiger partial charge in [-0.05, 0) is 53.5 Å². The molecule has 4 aromatic rings. The van der Waals surface area contributed by atoms with Crippen LogP contribution in [-0.4, -0.2) is 65.8 Å². The maximum Gasteiger partial charge on any atom is 0.393 e. The van der Waals surface area contributed by atoms with E-state index in [4.69, 9.17) is 0 Å². The second-order valence-corrected chi connectivity index (χ2v) is 10.8. The number of anilines is 2. The molecule has 0 spiro atoms. The number of fused-ring (bicyclic) bond motifs is 3. The maximum atomic E-state index is 13.0. The van der Waals surface area contributed by atoms with Crippen molar-refractivity contribution >= 4 is 44.2 Å². The smallest absolute Gasteiger partial charge is 0.361 e. The summed E-state index contributed by atoms with van der Waals surface area (Å²) in [6.45, 7) is 4.87. The molecule has 2 unspecified atom stereocenters. The molecule has 0 bridgehead atoms. The molecule has 2 saturated heterocycles. The lowest BCUT2D eigenvalue weighted by Crippen LogP contribution is -2.30. The monoisotopic (exact) mass is 500 g/mol. The Balaban J connectivity index is 1.14. The van der Waals surface area contributed by atoms with E-state index in [-0.39, 0.29) is 4.88 Å². The normalized spacial score (nSPS) is 20.9. The summed E-state index contributed by atoms with van der Waals surface area (Å²) in [6, 6.07) is 10.3. The van der Waals surface area contributed by atoms with Crippen LogP contribution in [0.5, 0.6) is 0 Å². The molecular weight excluding hydrogens is 473 g/mol. The molecule has 2 N–H and O–H groups in total. The summed E-state index contributed by atoms with van der Waals surface area (Å²) >= 11 is 1.11. The van der Waals surface area contributed by atoms with E-state index >= 15 is 0 Å². The number of hydrogen-bond acceptors (Lipinski definition) is 6. The predicted octanol–water partition coefficient (Wildman–Crippen LogP) is 4.93. The fraction of sp³-hybridized carbons (Fsp3) is 0.440. The van der Waals surface area contributed by atoms with Crippen molar-refractivity contribution in [3.8, 4) is 0 Å². The van der Waals surface area contributed by atoms with Crippen molar-refractivity contribution in [1.82, 2.24) is 19.9 Å². The minimum Gasteiger partial charge on any atom is -0.361 e. The molecule has 10 heteroatoms. The zero-order chi connectivity index (χ0) is 24.2. The van der Waals surface area contributed by atoms with Gasteiger partial charge in [0.25, 0.3) is 0 Å². The minimum absolute atomic E-state index is 0.277. The quantitative estimate of drug-likeness (QED) is 0.393. The zero-order valence-electron chi connectivity index (χ0n) is 19.4. The van der Waals surface area contributed by atoms with Gasteiger partial charge in [0.15, 0.2) is 0 Å². The number of halogens is 3. The molecule has 6 rings (SSSR count). The van der Waals surface area contributed by atoms with Gasteiger partial charge in [-0.3, -0.25) is 0 Å². The number of H-pyrrole nitrogens is 1. The third-order valence-electron chi connectivity index (χ3n) is 7.22.